The second-order valence-electron chi connectivity index (χ2n) is 3.35. The number of halogens is 2. The molecule has 0 aliphatic carbocycles. The van der Waals surface area contributed by atoms with Gasteiger partial charge in [0.15, 0.2) is 11.6 Å². The smallest absolute Gasteiger partial charge is 0.237 e. The molecule has 2 N–H and O–H groups in total. The van der Waals surface area contributed by atoms with Crippen LogP contribution in [-0.4, -0.2) is 21.6 Å². The molecular formula is C11H9F2N3OS. The molecule has 0 spiro atoms. The van der Waals surface area contributed by atoms with E-state index in [1.807, 2.05) is 0 Å². The molecule has 1 aromatic carbocycles. The van der Waals surface area contributed by atoms with Gasteiger partial charge in [-0.15, -0.1) is 11.8 Å². The molecule has 0 saturated heterocycles. The van der Waals surface area contributed by atoms with Gasteiger partial charge < -0.3 is 4.98 Å². The monoisotopic (exact) mass is 269 g/mol. The number of hydrogen-bond donors (Lipinski definition) is 2. The Labute approximate surface area is 106 Å². The summed E-state index contributed by atoms with van der Waals surface area (Å²) in [5.74, 6) is -1.66. The van der Waals surface area contributed by atoms with Crippen LogP contribution in [0.15, 0.2) is 35.5 Å². The predicted molar refractivity (Wildman–Crippen MR) is 64.3 cm³/mol. The minimum atomic E-state index is -0.925. The highest BCUT2D eigenvalue weighted by Crippen LogP contribution is 2.20. The van der Waals surface area contributed by atoms with Gasteiger partial charge in [0.05, 0.1) is 5.75 Å². The van der Waals surface area contributed by atoms with Crippen molar-refractivity contribution in [3.8, 4) is 0 Å². The van der Waals surface area contributed by atoms with Gasteiger partial charge in [0.2, 0.25) is 11.9 Å². The molecule has 0 saturated carbocycles. The van der Waals surface area contributed by atoms with Crippen LogP contribution in [0, 0.1) is 11.6 Å². The third kappa shape index (κ3) is 3.30. The van der Waals surface area contributed by atoms with E-state index in [0.717, 1.165) is 23.9 Å². The molecule has 2 aromatic rings. The Balaban J connectivity index is 1.87. The van der Waals surface area contributed by atoms with Crippen LogP contribution in [0.2, 0.25) is 0 Å². The summed E-state index contributed by atoms with van der Waals surface area (Å²) in [7, 11) is 0. The summed E-state index contributed by atoms with van der Waals surface area (Å²) in [5.41, 5.74) is 0. The maximum atomic E-state index is 12.9. The van der Waals surface area contributed by atoms with Crippen LogP contribution in [-0.2, 0) is 4.79 Å². The lowest BCUT2D eigenvalue weighted by Gasteiger charge is -2.02. The highest BCUT2D eigenvalue weighted by Gasteiger charge is 2.07. The quantitative estimate of drug-likeness (QED) is 0.838. The molecule has 0 aliphatic heterocycles. The van der Waals surface area contributed by atoms with Crippen molar-refractivity contribution in [2.75, 3.05) is 11.1 Å². The lowest BCUT2D eigenvalue weighted by Crippen LogP contribution is -2.14. The van der Waals surface area contributed by atoms with Gasteiger partial charge in [-0.05, 0) is 18.2 Å². The molecule has 1 aromatic heterocycles. The number of carbonyl (C=O) groups is 1. The zero-order valence-electron chi connectivity index (χ0n) is 9.11. The summed E-state index contributed by atoms with van der Waals surface area (Å²) in [4.78, 5) is 18.5. The number of nitrogens with zero attached hydrogens (tertiary/aromatic N) is 1. The summed E-state index contributed by atoms with van der Waals surface area (Å²) < 4.78 is 25.6. The van der Waals surface area contributed by atoms with Crippen LogP contribution >= 0.6 is 11.8 Å². The number of imidazole rings is 1. The molecule has 7 heteroatoms. The van der Waals surface area contributed by atoms with Gasteiger partial charge in [0.1, 0.15) is 0 Å². The first-order chi connectivity index (χ1) is 8.65. The number of carbonyl (C=O) groups excluding carboxylic acids is 1. The van der Waals surface area contributed by atoms with Gasteiger partial charge in [-0.2, -0.15) is 0 Å². The first-order valence-electron chi connectivity index (χ1n) is 5.02. The van der Waals surface area contributed by atoms with E-state index in [1.54, 1.807) is 6.20 Å². The van der Waals surface area contributed by atoms with E-state index < -0.39 is 11.6 Å². The number of rotatable bonds is 4. The summed E-state index contributed by atoms with van der Waals surface area (Å²) in [5, 5.41) is 2.52. The lowest BCUT2D eigenvalue weighted by molar-refractivity contribution is -0.113. The number of aromatic nitrogens is 2. The number of aromatic amines is 1. The number of hydrogen-bond acceptors (Lipinski definition) is 3. The fourth-order valence-corrected chi connectivity index (χ4v) is 1.94. The van der Waals surface area contributed by atoms with Crippen molar-refractivity contribution >= 4 is 23.6 Å². The maximum absolute atomic E-state index is 12.9. The van der Waals surface area contributed by atoms with Crippen LogP contribution in [0.4, 0.5) is 14.7 Å². The molecule has 0 unspecified atom stereocenters. The highest BCUT2D eigenvalue weighted by molar-refractivity contribution is 8.00. The molecule has 18 heavy (non-hydrogen) atoms. The average Bonchev–Trinajstić information content (AvgIpc) is 2.83. The molecule has 4 nitrogen and oxygen atoms in total. The van der Waals surface area contributed by atoms with Gasteiger partial charge in [0.25, 0.3) is 0 Å². The second-order valence-corrected chi connectivity index (χ2v) is 4.40. The topological polar surface area (TPSA) is 57.8 Å². The number of anilines is 1. The minimum Gasteiger partial charge on any atom is -0.331 e. The summed E-state index contributed by atoms with van der Waals surface area (Å²) in [6.07, 6.45) is 3.09. The Bertz CT molecular complexity index is 545. The largest absolute Gasteiger partial charge is 0.331 e. The molecule has 0 fully saturated rings. The number of amides is 1. The standard InChI is InChI=1S/C11H9F2N3OS/c12-8-2-1-7(5-9(8)13)18-6-10(17)16-11-14-3-4-15-11/h1-5H,6H2,(H2,14,15,16,17). The molecule has 1 amide bonds. The zero-order valence-corrected chi connectivity index (χ0v) is 9.93. The van der Waals surface area contributed by atoms with Crippen LogP contribution in [0.25, 0.3) is 0 Å². The normalized spacial score (nSPS) is 10.3. The number of benzene rings is 1. The van der Waals surface area contributed by atoms with Gasteiger partial charge in [-0.1, -0.05) is 0 Å². The van der Waals surface area contributed by atoms with Crippen molar-refractivity contribution in [2.45, 2.75) is 4.90 Å². The van der Waals surface area contributed by atoms with E-state index in [4.69, 9.17) is 0 Å². The third-order valence-electron chi connectivity index (χ3n) is 2.02. The molecule has 0 aliphatic rings. The van der Waals surface area contributed by atoms with Crippen LogP contribution < -0.4 is 5.32 Å². The second kappa shape index (κ2) is 5.63. The summed E-state index contributed by atoms with van der Waals surface area (Å²) in [6.45, 7) is 0. The first-order valence-corrected chi connectivity index (χ1v) is 6.01. The molecule has 0 atom stereocenters. The van der Waals surface area contributed by atoms with Crippen molar-refractivity contribution in [1.82, 2.24) is 9.97 Å². The van der Waals surface area contributed by atoms with Crippen LogP contribution in [0.3, 0.4) is 0 Å². The van der Waals surface area contributed by atoms with Crippen LogP contribution in [0.1, 0.15) is 0 Å². The minimum absolute atomic E-state index is 0.0891. The zero-order chi connectivity index (χ0) is 13.0. The van der Waals surface area contributed by atoms with Gasteiger partial charge in [0, 0.05) is 17.3 Å². The van der Waals surface area contributed by atoms with Crippen molar-refractivity contribution in [3.63, 3.8) is 0 Å². The van der Waals surface area contributed by atoms with E-state index >= 15 is 0 Å². The molecule has 1 heterocycles. The van der Waals surface area contributed by atoms with E-state index in [1.165, 1.54) is 12.3 Å². The molecule has 2 rings (SSSR count). The van der Waals surface area contributed by atoms with E-state index in [0.29, 0.717) is 10.8 Å². The maximum Gasteiger partial charge on any atom is 0.237 e. The molecule has 0 bridgehead atoms. The highest BCUT2D eigenvalue weighted by atomic mass is 32.2. The van der Waals surface area contributed by atoms with Crippen molar-refractivity contribution in [3.05, 3.63) is 42.2 Å². The van der Waals surface area contributed by atoms with Crippen LogP contribution in [0.5, 0.6) is 0 Å². The SMILES string of the molecule is O=C(CSc1ccc(F)c(F)c1)Nc1ncc[nH]1. The Morgan fingerprint density at radius 1 is 1.39 bits per heavy atom. The molecule has 94 valence electrons. The Kier molecular flexibility index (Phi) is 3.93. The first kappa shape index (κ1) is 12.6. The Morgan fingerprint density at radius 2 is 2.22 bits per heavy atom. The predicted octanol–water partition coefficient (Wildman–Crippen LogP) is 2.42. The summed E-state index contributed by atoms with van der Waals surface area (Å²) >= 11 is 1.11. The number of nitrogens with one attached hydrogen (secondary N) is 2. The fraction of sp³-hybridized carbons (Fsp3) is 0.0909. The van der Waals surface area contributed by atoms with E-state index in [-0.39, 0.29) is 11.7 Å². The number of H-pyrrole nitrogens is 1. The third-order valence-corrected chi connectivity index (χ3v) is 3.01. The van der Waals surface area contributed by atoms with Crippen molar-refractivity contribution in [1.29, 1.82) is 0 Å². The van der Waals surface area contributed by atoms with E-state index in [9.17, 15) is 13.6 Å². The van der Waals surface area contributed by atoms with Gasteiger partial charge >= 0.3 is 0 Å². The number of thioether (sulfide) groups is 1. The average molecular weight is 269 g/mol. The fourth-order valence-electron chi connectivity index (χ4n) is 1.22. The Morgan fingerprint density at radius 3 is 2.89 bits per heavy atom. The lowest BCUT2D eigenvalue weighted by atomic mass is 10.3. The Hall–Kier alpha value is -1.89. The summed E-state index contributed by atoms with van der Waals surface area (Å²) in [6, 6.07) is 3.51. The molecule has 0 radical (unpaired) electrons. The van der Waals surface area contributed by atoms with Crippen molar-refractivity contribution in [2.24, 2.45) is 0 Å². The molecular weight excluding hydrogens is 260 g/mol. The van der Waals surface area contributed by atoms with Gasteiger partial charge in [-0.3, -0.25) is 10.1 Å². The van der Waals surface area contributed by atoms with Gasteiger partial charge in [-0.25, -0.2) is 13.8 Å². The van der Waals surface area contributed by atoms with Crippen molar-refractivity contribution < 1.29 is 13.6 Å². The van der Waals surface area contributed by atoms with E-state index in [2.05, 4.69) is 15.3 Å².